The molecule has 2 fully saturated rings. The predicted octanol–water partition coefficient (Wildman–Crippen LogP) is 3.10. The van der Waals surface area contributed by atoms with Crippen LogP contribution >= 0.6 is 23.5 Å². The summed E-state index contributed by atoms with van der Waals surface area (Å²) in [4.78, 5) is 27.1. The molecular weight excluding hydrogens is 328 g/mol. The molecular formula is C17H22N2O2S2. The highest BCUT2D eigenvalue weighted by Gasteiger charge is 2.25. The van der Waals surface area contributed by atoms with Gasteiger partial charge in [0.1, 0.15) is 0 Å². The van der Waals surface area contributed by atoms with Crippen LogP contribution in [-0.4, -0.2) is 52.3 Å². The minimum absolute atomic E-state index is 0.0149. The molecule has 1 atom stereocenters. The first-order valence-corrected chi connectivity index (χ1v) is 10.3. The van der Waals surface area contributed by atoms with Gasteiger partial charge in [-0.15, -0.1) is 11.8 Å². The van der Waals surface area contributed by atoms with E-state index in [1.54, 1.807) is 11.8 Å². The maximum atomic E-state index is 12.7. The Morgan fingerprint density at radius 1 is 1.09 bits per heavy atom. The molecule has 0 bridgehead atoms. The van der Waals surface area contributed by atoms with Gasteiger partial charge in [-0.05, 0) is 31.4 Å². The summed E-state index contributed by atoms with van der Waals surface area (Å²) >= 11 is 3.52. The van der Waals surface area contributed by atoms with E-state index in [4.69, 9.17) is 0 Å². The average Bonchev–Trinajstić information content (AvgIpc) is 2.63. The molecule has 2 amide bonds. The number of amides is 2. The molecule has 1 N–H and O–H groups in total. The lowest BCUT2D eigenvalue weighted by atomic mass is 10.1. The number of rotatable bonds is 3. The van der Waals surface area contributed by atoms with Crippen molar-refractivity contribution in [2.45, 2.75) is 24.5 Å². The maximum absolute atomic E-state index is 12.7. The molecule has 0 aliphatic carbocycles. The highest BCUT2D eigenvalue weighted by molar-refractivity contribution is 8.07. The zero-order chi connectivity index (χ0) is 16.1. The van der Waals surface area contributed by atoms with Gasteiger partial charge in [-0.1, -0.05) is 12.1 Å². The van der Waals surface area contributed by atoms with Gasteiger partial charge in [0.25, 0.3) is 5.91 Å². The molecule has 2 saturated heterocycles. The van der Waals surface area contributed by atoms with Crippen LogP contribution in [0.2, 0.25) is 0 Å². The van der Waals surface area contributed by atoms with Crippen molar-refractivity contribution >= 4 is 41.0 Å². The molecule has 2 aliphatic heterocycles. The summed E-state index contributed by atoms with van der Waals surface area (Å²) in [5, 5.41) is 2.96. The van der Waals surface area contributed by atoms with Crippen LogP contribution < -0.4 is 5.32 Å². The van der Waals surface area contributed by atoms with Crippen LogP contribution in [0, 0.1) is 0 Å². The van der Waals surface area contributed by atoms with Crippen molar-refractivity contribution < 1.29 is 9.59 Å². The minimum Gasteiger partial charge on any atom is -0.339 e. The largest absolute Gasteiger partial charge is 0.339 e. The summed E-state index contributed by atoms with van der Waals surface area (Å²) < 4.78 is 0. The first-order chi connectivity index (χ1) is 11.3. The Balaban J connectivity index is 1.72. The van der Waals surface area contributed by atoms with Crippen molar-refractivity contribution in [3.63, 3.8) is 0 Å². The van der Waals surface area contributed by atoms with Crippen LogP contribution in [0.4, 0.5) is 5.69 Å². The Morgan fingerprint density at radius 2 is 1.87 bits per heavy atom. The highest BCUT2D eigenvalue weighted by Crippen LogP contribution is 2.26. The second kappa shape index (κ2) is 8.11. The van der Waals surface area contributed by atoms with Gasteiger partial charge in [-0.25, -0.2) is 0 Å². The lowest BCUT2D eigenvalue weighted by Gasteiger charge is -2.28. The predicted molar refractivity (Wildman–Crippen MR) is 98.4 cm³/mol. The van der Waals surface area contributed by atoms with Gasteiger partial charge in [0.2, 0.25) is 5.91 Å². The van der Waals surface area contributed by atoms with Gasteiger partial charge in [0.15, 0.2) is 0 Å². The molecule has 3 rings (SSSR count). The lowest BCUT2D eigenvalue weighted by Crippen LogP contribution is -2.36. The molecule has 1 aromatic carbocycles. The summed E-state index contributed by atoms with van der Waals surface area (Å²) in [7, 11) is 0. The number of anilines is 1. The molecule has 0 spiro atoms. The zero-order valence-corrected chi connectivity index (χ0v) is 14.8. The van der Waals surface area contributed by atoms with Crippen molar-refractivity contribution in [3.8, 4) is 0 Å². The van der Waals surface area contributed by atoms with Gasteiger partial charge in [-0.2, -0.15) is 11.8 Å². The molecule has 1 unspecified atom stereocenters. The van der Waals surface area contributed by atoms with Gasteiger partial charge in [-0.3, -0.25) is 9.59 Å². The molecule has 2 heterocycles. The number of hydrogen-bond acceptors (Lipinski definition) is 4. The fraction of sp³-hybridized carbons (Fsp3) is 0.529. The normalized spacial score (nSPS) is 21.7. The van der Waals surface area contributed by atoms with E-state index in [1.165, 1.54) is 6.42 Å². The van der Waals surface area contributed by atoms with Crippen LogP contribution in [0.5, 0.6) is 0 Å². The standard InChI is InChI=1S/C17H22N2O2S2/c20-16(15-12-22-10-11-23-15)18-14-7-3-2-6-13(14)17(21)19-8-4-1-5-9-19/h2-3,6-7,15H,1,4-5,8-12H2,(H,18,20). The summed E-state index contributed by atoms with van der Waals surface area (Å²) in [5.41, 5.74) is 1.25. The molecule has 4 nitrogen and oxygen atoms in total. The molecule has 124 valence electrons. The second-order valence-electron chi connectivity index (χ2n) is 5.82. The third-order valence-corrected chi connectivity index (χ3v) is 6.92. The van der Waals surface area contributed by atoms with Crippen LogP contribution in [0.1, 0.15) is 29.6 Å². The maximum Gasteiger partial charge on any atom is 0.255 e. The van der Waals surface area contributed by atoms with E-state index in [-0.39, 0.29) is 17.1 Å². The van der Waals surface area contributed by atoms with Crippen molar-refractivity contribution in [3.05, 3.63) is 29.8 Å². The summed E-state index contributed by atoms with van der Waals surface area (Å²) in [6.07, 6.45) is 3.32. The summed E-state index contributed by atoms with van der Waals surface area (Å²) in [5.74, 6) is 3.02. The second-order valence-corrected chi connectivity index (χ2v) is 8.28. The number of benzene rings is 1. The van der Waals surface area contributed by atoms with Crippen molar-refractivity contribution in [2.24, 2.45) is 0 Å². The molecule has 1 aromatic rings. The van der Waals surface area contributed by atoms with Crippen LogP contribution in [0.15, 0.2) is 24.3 Å². The number of thioether (sulfide) groups is 2. The Bertz CT molecular complexity index is 567. The van der Waals surface area contributed by atoms with Crippen LogP contribution in [-0.2, 0) is 4.79 Å². The van der Waals surface area contributed by atoms with Gasteiger partial charge < -0.3 is 10.2 Å². The minimum atomic E-state index is -0.0214. The smallest absolute Gasteiger partial charge is 0.255 e. The number of carbonyl (C=O) groups is 2. The van der Waals surface area contributed by atoms with Crippen molar-refractivity contribution in [1.82, 2.24) is 4.90 Å². The van der Waals surface area contributed by atoms with E-state index in [1.807, 2.05) is 40.9 Å². The summed E-state index contributed by atoms with van der Waals surface area (Å²) in [6.45, 7) is 1.63. The van der Waals surface area contributed by atoms with Crippen LogP contribution in [0.3, 0.4) is 0 Å². The Labute approximate surface area is 145 Å². The quantitative estimate of drug-likeness (QED) is 0.910. The van der Waals surface area contributed by atoms with Gasteiger partial charge >= 0.3 is 0 Å². The number of likely N-dealkylation sites (tertiary alicyclic amines) is 1. The number of nitrogens with one attached hydrogen (secondary N) is 1. The molecule has 6 heteroatoms. The fourth-order valence-corrected chi connectivity index (χ4v) is 5.46. The molecule has 0 radical (unpaired) electrons. The highest BCUT2D eigenvalue weighted by atomic mass is 32.2. The molecule has 2 aliphatic rings. The Kier molecular flexibility index (Phi) is 5.89. The molecule has 0 saturated carbocycles. The Hall–Kier alpha value is -1.14. The average molecular weight is 351 g/mol. The summed E-state index contributed by atoms with van der Waals surface area (Å²) in [6, 6.07) is 7.37. The third kappa shape index (κ3) is 4.23. The number of hydrogen-bond donors (Lipinski definition) is 1. The molecule has 0 aromatic heterocycles. The van der Waals surface area contributed by atoms with Gasteiger partial charge in [0.05, 0.1) is 16.5 Å². The van der Waals surface area contributed by atoms with E-state index in [2.05, 4.69) is 5.32 Å². The molecule has 23 heavy (non-hydrogen) atoms. The van der Waals surface area contributed by atoms with Gasteiger partial charge in [0, 0.05) is 30.3 Å². The topological polar surface area (TPSA) is 49.4 Å². The first kappa shape index (κ1) is 16.7. The van der Waals surface area contributed by atoms with E-state index in [9.17, 15) is 9.59 Å². The van der Waals surface area contributed by atoms with E-state index in [0.717, 1.165) is 43.2 Å². The fourth-order valence-electron chi connectivity index (χ4n) is 2.90. The lowest BCUT2D eigenvalue weighted by molar-refractivity contribution is -0.115. The number of piperidine rings is 1. The number of nitrogens with zero attached hydrogens (tertiary/aromatic N) is 1. The monoisotopic (exact) mass is 350 g/mol. The SMILES string of the molecule is O=C(Nc1ccccc1C(=O)N1CCCCC1)C1CSCCS1. The number of carbonyl (C=O) groups excluding carboxylic acids is 2. The van der Waals surface area contributed by atoms with E-state index < -0.39 is 0 Å². The van der Waals surface area contributed by atoms with E-state index >= 15 is 0 Å². The third-order valence-electron chi connectivity index (χ3n) is 4.17. The van der Waals surface area contributed by atoms with Crippen molar-refractivity contribution in [2.75, 3.05) is 35.7 Å². The number of para-hydroxylation sites is 1. The van der Waals surface area contributed by atoms with Crippen LogP contribution in [0.25, 0.3) is 0 Å². The van der Waals surface area contributed by atoms with E-state index in [0.29, 0.717) is 11.3 Å². The Morgan fingerprint density at radius 3 is 2.61 bits per heavy atom. The zero-order valence-electron chi connectivity index (χ0n) is 13.1. The first-order valence-electron chi connectivity index (χ1n) is 8.14. The van der Waals surface area contributed by atoms with Crippen molar-refractivity contribution in [1.29, 1.82) is 0 Å².